The normalized spacial score (nSPS) is 10.1. The van der Waals surface area contributed by atoms with E-state index in [4.69, 9.17) is 5.73 Å². The number of pyridine rings is 1. The molecule has 3 heteroatoms. The van der Waals surface area contributed by atoms with E-state index in [1.54, 1.807) is 12.1 Å². The van der Waals surface area contributed by atoms with E-state index in [2.05, 4.69) is 4.98 Å². The summed E-state index contributed by atoms with van der Waals surface area (Å²) in [5.74, 6) is -0.438. The molecule has 0 bridgehead atoms. The maximum atomic E-state index is 12.8. The van der Waals surface area contributed by atoms with Crippen LogP contribution in [-0.2, 0) is 13.0 Å². The predicted octanol–water partition coefficient (Wildman–Crippen LogP) is 1.24. The van der Waals surface area contributed by atoms with Crippen LogP contribution in [0.5, 0.6) is 0 Å². The smallest absolute Gasteiger partial charge is 0.217 e. The fourth-order valence-corrected chi connectivity index (χ4v) is 0.850. The third-order valence-electron chi connectivity index (χ3n) is 1.57. The minimum atomic E-state index is -0.438. The number of nitrogens with two attached hydrogens (primary N) is 1. The lowest BCUT2D eigenvalue weighted by Crippen LogP contribution is -2.03. The molecule has 2 N–H and O–H groups in total. The van der Waals surface area contributed by atoms with Gasteiger partial charge in [0.15, 0.2) is 0 Å². The Bertz CT molecular complexity index is 248. The van der Waals surface area contributed by atoms with Gasteiger partial charge in [0.25, 0.3) is 0 Å². The first kappa shape index (κ1) is 8.14. The Morgan fingerprint density at radius 2 is 2.27 bits per heavy atom. The first-order valence-corrected chi connectivity index (χ1v) is 3.62. The second-order valence-corrected chi connectivity index (χ2v) is 2.31. The van der Waals surface area contributed by atoms with Gasteiger partial charge in [-0.3, -0.25) is 0 Å². The highest BCUT2D eigenvalue weighted by molar-refractivity contribution is 5.15. The Balaban J connectivity index is 2.99. The largest absolute Gasteiger partial charge is 0.326 e. The van der Waals surface area contributed by atoms with Gasteiger partial charge in [0.2, 0.25) is 5.95 Å². The van der Waals surface area contributed by atoms with E-state index < -0.39 is 5.95 Å². The molecule has 11 heavy (non-hydrogen) atoms. The van der Waals surface area contributed by atoms with E-state index in [0.717, 1.165) is 12.1 Å². The highest BCUT2D eigenvalue weighted by atomic mass is 19.1. The molecule has 1 aromatic rings. The van der Waals surface area contributed by atoms with Gasteiger partial charge in [-0.25, -0.2) is 4.98 Å². The number of aryl methyl sites for hydroxylation is 1. The maximum absolute atomic E-state index is 12.8. The molecule has 1 aromatic heterocycles. The summed E-state index contributed by atoms with van der Waals surface area (Å²) in [6.07, 6.45) is 0.752. The van der Waals surface area contributed by atoms with E-state index in [1.807, 2.05) is 6.92 Å². The molecule has 0 aliphatic heterocycles. The number of hydrogen-bond donors (Lipinski definition) is 1. The lowest BCUT2D eigenvalue weighted by molar-refractivity contribution is 0.561. The fraction of sp³-hybridized carbons (Fsp3) is 0.375. The summed E-state index contributed by atoms with van der Waals surface area (Å²) < 4.78 is 12.8. The van der Waals surface area contributed by atoms with Crippen molar-refractivity contribution < 1.29 is 4.39 Å². The van der Waals surface area contributed by atoms with E-state index in [0.29, 0.717) is 5.56 Å². The number of hydrogen-bond acceptors (Lipinski definition) is 2. The molecular formula is C8H11FN2. The van der Waals surface area contributed by atoms with Gasteiger partial charge >= 0.3 is 0 Å². The van der Waals surface area contributed by atoms with Crippen molar-refractivity contribution >= 4 is 0 Å². The Morgan fingerprint density at radius 1 is 1.55 bits per heavy atom. The fourth-order valence-electron chi connectivity index (χ4n) is 0.850. The SMILES string of the molecule is CCc1ccc(CN)c(F)n1. The molecule has 2 nitrogen and oxygen atoms in total. The van der Waals surface area contributed by atoms with E-state index in [1.165, 1.54) is 0 Å². The second kappa shape index (κ2) is 3.44. The quantitative estimate of drug-likeness (QED) is 0.651. The number of halogens is 1. The van der Waals surface area contributed by atoms with Gasteiger partial charge in [0.1, 0.15) is 0 Å². The highest BCUT2D eigenvalue weighted by Crippen LogP contribution is 2.05. The van der Waals surface area contributed by atoms with Gasteiger partial charge in [-0.05, 0) is 12.5 Å². The van der Waals surface area contributed by atoms with Crippen LogP contribution in [0.15, 0.2) is 12.1 Å². The third-order valence-corrected chi connectivity index (χ3v) is 1.57. The van der Waals surface area contributed by atoms with E-state index in [-0.39, 0.29) is 6.54 Å². The maximum Gasteiger partial charge on any atom is 0.217 e. The minimum absolute atomic E-state index is 0.211. The van der Waals surface area contributed by atoms with E-state index in [9.17, 15) is 4.39 Å². The van der Waals surface area contributed by atoms with Gasteiger partial charge < -0.3 is 5.73 Å². The number of nitrogens with zero attached hydrogens (tertiary/aromatic N) is 1. The van der Waals surface area contributed by atoms with Crippen molar-refractivity contribution in [2.75, 3.05) is 0 Å². The molecule has 0 aromatic carbocycles. The van der Waals surface area contributed by atoms with Crippen molar-refractivity contribution in [1.29, 1.82) is 0 Å². The molecule has 0 amide bonds. The average molecular weight is 154 g/mol. The predicted molar refractivity (Wildman–Crippen MR) is 41.5 cm³/mol. The molecule has 60 valence electrons. The van der Waals surface area contributed by atoms with Crippen LogP contribution in [-0.4, -0.2) is 4.98 Å². The van der Waals surface area contributed by atoms with Crippen LogP contribution >= 0.6 is 0 Å². The molecule has 0 unspecified atom stereocenters. The molecule has 0 spiro atoms. The second-order valence-electron chi connectivity index (χ2n) is 2.31. The lowest BCUT2D eigenvalue weighted by Gasteiger charge is -1.99. The summed E-state index contributed by atoms with van der Waals surface area (Å²) >= 11 is 0. The summed E-state index contributed by atoms with van der Waals surface area (Å²) in [6, 6.07) is 3.48. The van der Waals surface area contributed by atoms with Gasteiger partial charge in [-0.2, -0.15) is 4.39 Å². The zero-order valence-electron chi connectivity index (χ0n) is 6.47. The van der Waals surface area contributed by atoms with Crippen LogP contribution in [0.1, 0.15) is 18.2 Å². The molecule has 0 radical (unpaired) electrons. The molecule has 1 heterocycles. The summed E-state index contributed by atoms with van der Waals surface area (Å²) in [6.45, 7) is 2.15. The number of rotatable bonds is 2. The van der Waals surface area contributed by atoms with Crippen molar-refractivity contribution in [3.63, 3.8) is 0 Å². The third kappa shape index (κ3) is 1.74. The van der Waals surface area contributed by atoms with Crippen molar-refractivity contribution in [3.05, 3.63) is 29.3 Å². The van der Waals surface area contributed by atoms with Crippen LogP contribution in [0.2, 0.25) is 0 Å². The van der Waals surface area contributed by atoms with Gasteiger partial charge in [-0.15, -0.1) is 0 Å². The minimum Gasteiger partial charge on any atom is -0.326 e. The summed E-state index contributed by atoms with van der Waals surface area (Å²) in [5, 5.41) is 0. The van der Waals surface area contributed by atoms with Gasteiger partial charge in [0, 0.05) is 17.8 Å². The molecular weight excluding hydrogens is 143 g/mol. The Labute approximate surface area is 65.3 Å². The van der Waals surface area contributed by atoms with Crippen LogP contribution in [0.3, 0.4) is 0 Å². The van der Waals surface area contributed by atoms with Crippen molar-refractivity contribution in [3.8, 4) is 0 Å². The van der Waals surface area contributed by atoms with Gasteiger partial charge in [-0.1, -0.05) is 13.0 Å². The van der Waals surface area contributed by atoms with Crippen LogP contribution in [0.25, 0.3) is 0 Å². The van der Waals surface area contributed by atoms with Gasteiger partial charge in [0.05, 0.1) is 0 Å². The molecule has 0 fully saturated rings. The summed E-state index contributed by atoms with van der Waals surface area (Å²) in [7, 11) is 0. The molecule has 0 saturated carbocycles. The van der Waals surface area contributed by atoms with Crippen LogP contribution < -0.4 is 5.73 Å². The molecule has 0 saturated heterocycles. The van der Waals surface area contributed by atoms with E-state index >= 15 is 0 Å². The lowest BCUT2D eigenvalue weighted by atomic mass is 10.2. The zero-order valence-corrected chi connectivity index (χ0v) is 6.47. The Kier molecular flexibility index (Phi) is 2.54. The summed E-state index contributed by atoms with van der Waals surface area (Å²) in [4.78, 5) is 3.72. The number of aromatic nitrogens is 1. The van der Waals surface area contributed by atoms with Crippen LogP contribution in [0, 0.1) is 5.95 Å². The van der Waals surface area contributed by atoms with Crippen molar-refractivity contribution in [1.82, 2.24) is 4.98 Å². The monoisotopic (exact) mass is 154 g/mol. The molecule has 0 aliphatic rings. The first-order valence-electron chi connectivity index (χ1n) is 3.62. The molecule has 0 atom stereocenters. The van der Waals surface area contributed by atoms with Crippen molar-refractivity contribution in [2.24, 2.45) is 5.73 Å². The van der Waals surface area contributed by atoms with Crippen LogP contribution in [0.4, 0.5) is 4.39 Å². The summed E-state index contributed by atoms with van der Waals surface area (Å²) in [5.41, 5.74) is 6.50. The topological polar surface area (TPSA) is 38.9 Å². The highest BCUT2D eigenvalue weighted by Gasteiger charge is 2.01. The molecule has 1 rings (SSSR count). The first-order chi connectivity index (χ1) is 5.27. The average Bonchev–Trinajstić information content (AvgIpc) is 2.04. The zero-order chi connectivity index (χ0) is 8.27. The standard InChI is InChI=1S/C8H11FN2/c1-2-7-4-3-6(5-10)8(9)11-7/h3-4H,2,5,10H2,1H3. The van der Waals surface area contributed by atoms with Crippen molar-refractivity contribution in [2.45, 2.75) is 19.9 Å². The molecule has 0 aliphatic carbocycles. The Morgan fingerprint density at radius 3 is 2.73 bits per heavy atom. The Hall–Kier alpha value is -0.960.